The Hall–Kier alpha value is -2.57. The molecule has 3 aromatic rings. The van der Waals surface area contributed by atoms with E-state index in [9.17, 15) is 0 Å². The molecule has 0 aliphatic carbocycles. The van der Waals surface area contributed by atoms with Gasteiger partial charge in [0.25, 0.3) is 5.89 Å². The quantitative estimate of drug-likeness (QED) is 0.708. The van der Waals surface area contributed by atoms with Crippen LogP contribution in [-0.4, -0.2) is 26.3 Å². The highest BCUT2D eigenvalue weighted by Gasteiger charge is 2.22. The molecule has 0 amide bonds. The average molecular weight is 257 g/mol. The van der Waals surface area contributed by atoms with Crippen molar-refractivity contribution < 1.29 is 8.83 Å². The van der Waals surface area contributed by atoms with Crippen LogP contribution in [0.15, 0.2) is 39.6 Å². The molecule has 0 N–H and O–H groups in total. The Morgan fingerprint density at radius 1 is 1.26 bits per heavy atom. The molecule has 0 radical (unpaired) electrons. The lowest BCUT2D eigenvalue weighted by atomic mass is 10.4. The van der Waals surface area contributed by atoms with Crippen LogP contribution in [0.5, 0.6) is 0 Å². The fourth-order valence-electron chi connectivity index (χ4n) is 2.22. The van der Waals surface area contributed by atoms with E-state index in [1.807, 2.05) is 6.20 Å². The summed E-state index contributed by atoms with van der Waals surface area (Å²) in [6.45, 7) is 2.40. The number of hydrogen-bond acceptors (Lipinski definition) is 6. The Morgan fingerprint density at radius 2 is 2.26 bits per heavy atom. The third-order valence-electron chi connectivity index (χ3n) is 3.11. The third-order valence-corrected chi connectivity index (χ3v) is 3.11. The minimum atomic E-state index is 0.405. The minimum Gasteiger partial charge on any atom is -0.459 e. The standard InChI is InChI=1S/C12H11N5O2/c1-2-9(18-7-1)11-15-14-10(19-11)8-17-6-5-16-4-3-13-12(16)17/h1-4,7H,5-6,8H2. The molecule has 96 valence electrons. The van der Waals surface area contributed by atoms with E-state index in [0.717, 1.165) is 19.0 Å². The van der Waals surface area contributed by atoms with E-state index in [4.69, 9.17) is 8.83 Å². The summed E-state index contributed by atoms with van der Waals surface area (Å²) >= 11 is 0. The Balaban J connectivity index is 1.56. The number of aromatic nitrogens is 4. The summed E-state index contributed by atoms with van der Waals surface area (Å²) in [4.78, 5) is 6.42. The molecule has 0 spiro atoms. The molecule has 7 nitrogen and oxygen atoms in total. The van der Waals surface area contributed by atoms with Gasteiger partial charge in [0, 0.05) is 25.5 Å². The summed E-state index contributed by atoms with van der Waals surface area (Å²) in [7, 11) is 0. The van der Waals surface area contributed by atoms with Crippen molar-refractivity contribution in [1.82, 2.24) is 19.7 Å². The number of furan rings is 1. The van der Waals surface area contributed by atoms with Gasteiger partial charge in [0.05, 0.1) is 12.8 Å². The van der Waals surface area contributed by atoms with Crippen LogP contribution in [0.2, 0.25) is 0 Å². The molecule has 19 heavy (non-hydrogen) atoms. The summed E-state index contributed by atoms with van der Waals surface area (Å²) in [6, 6.07) is 3.58. The first-order valence-corrected chi connectivity index (χ1v) is 6.02. The molecule has 0 atom stereocenters. The van der Waals surface area contributed by atoms with E-state index in [1.54, 1.807) is 24.6 Å². The Kier molecular flexibility index (Phi) is 2.17. The molecule has 4 heterocycles. The van der Waals surface area contributed by atoms with Gasteiger partial charge in [-0.05, 0) is 12.1 Å². The molecular formula is C12H11N5O2. The zero-order chi connectivity index (χ0) is 12.7. The van der Waals surface area contributed by atoms with Crippen LogP contribution >= 0.6 is 0 Å². The van der Waals surface area contributed by atoms with Gasteiger partial charge in [-0.25, -0.2) is 4.98 Å². The fourth-order valence-corrected chi connectivity index (χ4v) is 2.22. The van der Waals surface area contributed by atoms with Crippen LogP contribution in [0.1, 0.15) is 5.89 Å². The molecule has 4 rings (SSSR count). The van der Waals surface area contributed by atoms with Gasteiger partial charge in [0.15, 0.2) is 5.76 Å². The first-order valence-electron chi connectivity index (χ1n) is 6.02. The predicted molar refractivity (Wildman–Crippen MR) is 65.3 cm³/mol. The normalized spacial score (nSPS) is 14.0. The van der Waals surface area contributed by atoms with Crippen LogP contribution < -0.4 is 4.90 Å². The number of anilines is 1. The maximum atomic E-state index is 5.59. The smallest absolute Gasteiger partial charge is 0.283 e. The molecule has 1 aliphatic heterocycles. The van der Waals surface area contributed by atoms with Gasteiger partial charge in [-0.2, -0.15) is 0 Å². The molecule has 1 aliphatic rings. The lowest BCUT2D eigenvalue weighted by Gasteiger charge is -2.12. The maximum absolute atomic E-state index is 5.59. The molecule has 0 saturated heterocycles. The second-order valence-electron chi connectivity index (χ2n) is 4.32. The second-order valence-corrected chi connectivity index (χ2v) is 4.32. The largest absolute Gasteiger partial charge is 0.459 e. The van der Waals surface area contributed by atoms with Gasteiger partial charge >= 0.3 is 0 Å². The van der Waals surface area contributed by atoms with Crippen LogP contribution in [0.25, 0.3) is 11.7 Å². The van der Waals surface area contributed by atoms with E-state index in [0.29, 0.717) is 24.1 Å². The summed E-state index contributed by atoms with van der Waals surface area (Å²) in [5, 5.41) is 8.02. The van der Waals surface area contributed by atoms with Gasteiger partial charge in [-0.1, -0.05) is 0 Å². The summed E-state index contributed by atoms with van der Waals surface area (Å²) < 4.78 is 12.9. The van der Waals surface area contributed by atoms with E-state index >= 15 is 0 Å². The van der Waals surface area contributed by atoms with Crippen molar-refractivity contribution in [2.24, 2.45) is 0 Å². The molecule has 3 aromatic heterocycles. The van der Waals surface area contributed by atoms with E-state index < -0.39 is 0 Å². The molecule has 0 aromatic carbocycles. The molecule has 0 unspecified atom stereocenters. The van der Waals surface area contributed by atoms with Crippen LogP contribution in [-0.2, 0) is 13.1 Å². The van der Waals surface area contributed by atoms with Crippen LogP contribution in [0.4, 0.5) is 5.95 Å². The average Bonchev–Trinajstić information content (AvgIpc) is 3.15. The summed E-state index contributed by atoms with van der Waals surface area (Å²) in [5.74, 6) is 2.49. The number of fused-ring (bicyclic) bond motifs is 1. The molecule has 7 heteroatoms. The molecule has 0 fully saturated rings. The van der Waals surface area contributed by atoms with Gasteiger partial charge in [0.2, 0.25) is 11.8 Å². The van der Waals surface area contributed by atoms with Crippen molar-refractivity contribution in [3.63, 3.8) is 0 Å². The van der Waals surface area contributed by atoms with E-state index in [1.165, 1.54) is 0 Å². The number of nitrogens with zero attached hydrogens (tertiary/aromatic N) is 5. The van der Waals surface area contributed by atoms with Crippen molar-refractivity contribution in [3.8, 4) is 11.7 Å². The minimum absolute atomic E-state index is 0.405. The van der Waals surface area contributed by atoms with Crippen molar-refractivity contribution in [2.75, 3.05) is 11.4 Å². The van der Waals surface area contributed by atoms with Gasteiger partial charge in [-0.3, -0.25) is 0 Å². The Labute approximate surface area is 108 Å². The summed E-state index contributed by atoms with van der Waals surface area (Å²) in [5.41, 5.74) is 0. The first kappa shape index (κ1) is 10.4. The highest BCUT2D eigenvalue weighted by Crippen LogP contribution is 2.22. The van der Waals surface area contributed by atoms with Crippen LogP contribution in [0.3, 0.4) is 0 Å². The molecule has 0 saturated carbocycles. The maximum Gasteiger partial charge on any atom is 0.283 e. The molecular weight excluding hydrogens is 246 g/mol. The van der Waals surface area contributed by atoms with Gasteiger partial charge < -0.3 is 18.3 Å². The second kappa shape index (κ2) is 3.98. The van der Waals surface area contributed by atoms with Crippen molar-refractivity contribution in [3.05, 3.63) is 36.7 Å². The van der Waals surface area contributed by atoms with Crippen molar-refractivity contribution >= 4 is 5.95 Å². The van der Waals surface area contributed by atoms with Gasteiger partial charge in [0.1, 0.15) is 0 Å². The topological polar surface area (TPSA) is 73.1 Å². The van der Waals surface area contributed by atoms with Gasteiger partial charge in [-0.15, -0.1) is 10.2 Å². The van der Waals surface area contributed by atoms with E-state index in [2.05, 4.69) is 24.6 Å². The van der Waals surface area contributed by atoms with Crippen LogP contribution in [0, 0.1) is 0 Å². The number of rotatable bonds is 3. The zero-order valence-electron chi connectivity index (χ0n) is 10.1. The fraction of sp³-hybridized carbons (Fsp3) is 0.250. The monoisotopic (exact) mass is 257 g/mol. The number of imidazole rings is 1. The molecule has 0 bridgehead atoms. The summed E-state index contributed by atoms with van der Waals surface area (Å²) in [6.07, 6.45) is 5.34. The lowest BCUT2D eigenvalue weighted by Crippen LogP contribution is -2.20. The highest BCUT2D eigenvalue weighted by atomic mass is 16.4. The Morgan fingerprint density at radius 3 is 3.16 bits per heavy atom. The predicted octanol–water partition coefficient (Wildman–Crippen LogP) is 1.55. The lowest BCUT2D eigenvalue weighted by molar-refractivity contribution is 0.476. The first-order chi connectivity index (χ1) is 9.40. The Bertz CT molecular complexity index is 685. The van der Waals surface area contributed by atoms with E-state index in [-0.39, 0.29) is 0 Å². The van der Waals surface area contributed by atoms with Crippen molar-refractivity contribution in [1.29, 1.82) is 0 Å². The SMILES string of the molecule is c1coc(-c2nnc(CN3CCn4ccnc43)o2)c1. The van der Waals surface area contributed by atoms with Crippen molar-refractivity contribution in [2.45, 2.75) is 13.1 Å². The highest BCUT2D eigenvalue weighted by molar-refractivity contribution is 5.42. The number of hydrogen-bond donors (Lipinski definition) is 0. The third kappa shape index (κ3) is 1.70. The zero-order valence-corrected chi connectivity index (χ0v) is 10.1.